The first-order chi connectivity index (χ1) is 13.3. The van der Waals surface area contributed by atoms with Gasteiger partial charge in [-0.3, -0.25) is 4.79 Å². The number of nitrogens with zero attached hydrogens (tertiary/aromatic N) is 2. The highest BCUT2D eigenvalue weighted by atomic mass is 32.1. The summed E-state index contributed by atoms with van der Waals surface area (Å²) < 4.78 is 1.29. The van der Waals surface area contributed by atoms with E-state index in [1.165, 1.54) is 73.7 Å². The van der Waals surface area contributed by atoms with Crippen molar-refractivity contribution in [3.63, 3.8) is 0 Å². The predicted molar refractivity (Wildman–Crippen MR) is 112 cm³/mol. The molecule has 5 rings (SSSR count). The average molecular weight is 383 g/mol. The fourth-order valence-electron chi connectivity index (χ4n) is 5.86. The van der Waals surface area contributed by atoms with Gasteiger partial charge in [-0.05, 0) is 92.4 Å². The molecule has 3 unspecified atom stereocenters. The van der Waals surface area contributed by atoms with Gasteiger partial charge in [-0.15, -0.1) is 11.3 Å². The van der Waals surface area contributed by atoms with Crippen LogP contribution in [0.4, 0.5) is 0 Å². The Morgan fingerprint density at radius 3 is 2.81 bits per heavy atom. The number of fused-ring (bicyclic) bond motifs is 2. The summed E-state index contributed by atoms with van der Waals surface area (Å²) in [5.41, 5.74) is 1.20. The third kappa shape index (κ3) is 3.42. The largest absolute Gasteiger partial charge is 0.339 e. The van der Waals surface area contributed by atoms with Crippen molar-refractivity contribution in [1.29, 1.82) is 0 Å². The minimum Gasteiger partial charge on any atom is -0.339 e. The molecular formula is C23H30N2OS. The van der Waals surface area contributed by atoms with Crippen LogP contribution in [-0.4, -0.2) is 47.4 Å². The topological polar surface area (TPSA) is 23.6 Å². The number of thiophene rings is 1. The molecule has 1 saturated carbocycles. The number of carbonyl (C=O) groups excluding carboxylic acids is 1. The van der Waals surface area contributed by atoms with Gasteiger partial charge in [0.1, 0.15) is 0 Å². The summed E-state index contributed by atoms with van der Waals surface area (Å²) in [7, 11) is 0. The van der Waals surface area contributed by atoms with Crippen molar-refractivity contribution >= 4 is 27.3 Å². The maximum Gasteiger partial charge on any atom is 0.227 e. The van der Waals surface area contributed by atoms with Crippen LogP contribution in [0.3, 0.4) is 0 Å². The van der Waals surface area contributed by atoms with Crippen molar-refractivity contribution < 1.29 is 4.79 Å². The SMILES string of the molecule is O=C(Cc1cccc2sccc12)N1CCCC2CC(N3CCCC3)CCC21. The highest BCUT2D eigenvalue weighted by molar-refractivity contribution is 7.17. The molecule has 3 aliphatic rings. The number of rotatable bonds is 3. The molecule has 27 heavy (non-hydrogen) atoms. The Balaban J connectivity index is 1.29. The molecule has 1 amide bonds. The van der Waals surface area contributed by atoms with E-state index in [2.05, 4.69) is 39.4 Å². The van der Waals surface area contributed by atoms with Crippen molar-refractivity contribution in [2.45, 2.75) is 63.5 Å². The number of hydrogen-bond acceptors (Lipinski definition) is 3. The van der Waals surface area contributed by atoms with E-state index in [1.807, 2.05) is 0 Å². The third-order valence-electron chi connectivity index (χ3n) is 7.19. The van der Waals surface area contributed by atoms with E-state index in [1.54, 1.807) is 11.3 Å². The van der Waals surface area contributed by atoms with E-state index in [-0.39, 0.29) is 0 Å². The summed E-state index contributed by atoms with van der Waals surface area (Å²) in [5.74, 6) is 1.07. The molecule has 144 valence electrons. The Labute approximate surface area is 166 Å². The number of carbonyl (C=O) groups is 1. The zero-order chi connectivity index (χ0) is 18.2. The van der Waals surface area contributed by atoms with Gasteiger partial charge in [-0.2, -0.15) is 0 Å². The summed E-state index contributed by atoms with van der Waals surface area (Å²) in [6, 6.07) is 9.84. The van der Waals surface area contributed by atoms with Gasteiger partial charge in [0.25, 0.3) is 0 Å². The van der Waals surface area contributed by atoms with Gasteiger partial charge in [0, 0.05) is 23.3 Å². The van der Waals surface area contributed by atoms with Crippen LogP contribution in [0, 0.1) is 5.92 Å². The Morgan fingerprint density at radius 1 is 1.04 bits per heavy atom. The van der Waals surface area contributed by atoms with Crippen LogP contribution in [0.2, 0.25) is 0 Å². The van der Waals surface area contributed by atoms with E-state index in [9.17, 15) is 4.79 Å². The van der Waals surface area contributed by atoms with E-state index in [4.69, 9.17) is 0 Å². The molecule has 0 bridgehead atoms. The van der Waals surface area contributed by atoms with Crippen molar-refractivity contribution in [3.8, 4) is 0 Å². The second-order valence-corrected chi connectivity index (χ2v) is 9.64. The molecule has 1 aromatic carbocycles. The van der Waals surface area contributed by atoms with Crippen LogP contribution in [0.1, 0.15) is 50.5 Å². The lowest BCUT2D eigenvalue weighted by Crippen LogP contribution is -2.53. The summed E-state index contributed by atoms with van der Waals surface area (Å²) in [6.45, 7) is 3.57. The lowest BCUT2D eigenvalue weighted by atomic mass is 9.75. The molecule has 0 radical (unpaired) electrons. The third-order valence-corrected chi connectivity index (χ3v) is 8.08. The molecule has 2 aromatic rings. The van der Waals surface area contributed by atoms with Crippen molar-refractivity contribution in [2.24, 2.45) is 5.92 Å². The molecule has 1 aromatic heterocycles. The number of amides is 1. The summed E-state index contributed by atoms with van der Waals surface area (Å²) in [6.07, 6.45) is 9.63. The molecule has 3 nitrogen and oxygen atoms in total. The first kappa shape index (κ1) is 17.7. The van der Waals surface area contributed by atoms with E-state index in [0.29, 0.717) is 18.4 Å². The van der Waals surface area contributed by atoms with E-state index in [0.717, 1.165) is 18.5 Å². The smallest absolute Gasteiger partial charge is 0.227 e. The normalized spacial score (nSPS) is 29.2. The lowest BCUT2D eigenvalue weighted by Gasteiger charge is -2.48. The predicted octanol–water partition coefficient (Wildman–Crippen LogP) is 4.70. The van der Waals surface area contributed by atoms with Crippen LogP contribution in [-0.2, 0) is 11.2 Å². The molecule has 2 saturated heterocycles. The van der Waals surface area contributed by atoms with Gasteiger partial charge >= 0.3 is 0 Å². The lowest BCUT2D eigenvalue weighted by molar-refractivity contribution is -0.137. The summed E-state index contributed by atoms with van der Waals surface area (Å²) in [5, 5.41) is 3.40. The number of hydrogen-bond donors (Lipinski definition) is 0. The number of piperidine rings is 1. The van der Waals surface area contributed by atoms with Crippen LogP contribution in [0.25, 0.3) is 10.1 Å². The average Bonchev–Trinajstić information content (AvgIpc) is 3.39. The minimum atomic E-state index is 0.350. The molecule has 3 heterocycles. The first-order valence-corrected chi connectivity index (χ1v) is 11.7. The molecule has 3 fully saturated rings. The Hall–Kier alpha value is -1.39. The number of likely N-dealkylation sites (tertiary alicyclic amines) is 2. The first-order valence-electron chi connectivity index (χ1n) is 10.8. The van der Waals surface area contributed by atoms with Gasteiger partial charge < -0.3 is 9.80 Å². The van der Waals surface area contributed by atoms with Crippen LogP contribution in [0.5, 0.6) is 0 Å². The van der Waals surface area contributed by atoms with Gasteiger partial charge in [0.05, 0.1) is 6.42 Å². The van der Waals surface area contributed by atoms with Crippen LogP contribution in [0.15, 0.2) is 29.6 Å². The Bertz CT molecular complexity index is 810. The molecule has 1 aliphatic carbocycles. The fourth-order valence-corrected chi connectivity index (χ4v) is 6.69. The molecule has 0 N–H and O–H groups in total. The van der Waals surface area contributed by atoms with Crippen molar-refractivity contribution in [2.75, 3.05) is 19.6 Å². The number of benzene rings is 1. The van der Waals surface area contributed by atoms with E-state index < -0.39 is 0 Å². The van der Waals surface area contributed by atoms with Crippen LogP contribution >= 0.6 is 11.3 Å². The second kappa shape index (κ2) is 7.56. The standard InChI is InChI=1S/C23H30N2OS/c26-23(16-17-5-3-7-22-20(17)10-14-27-22)25-13-4-6-18-15-19(8-9-21(18)25)24-11-1-2-12-24/h3,5,7,10,14,18-19,21H,1-2,4,6,8-9,11-13,15-16H2. The van der Waals surface area contributed by atoms with Crippen LogP contribution < -0.4 is 0 Å². The molecule has 3 atom stereocenters. The quantitative estimate of drug-likeness (QED) is 0.768. The molecular weight excluding hydrogens is 352 g/mol. The Morgan fingerprint density at radius 2 is 1.93 bits per heavy atom. The van der Waals surface area contributed by atoms with Gasteiger partial charge in [-0.1, -0.05) is 12.1 Å². The zero-order valence-corrected chi connectivity index (χ0v) is 16.9. The Kier molecular flexibility index (Phi) is 4.95. The second-order valence-electron chi connectivity index (χ2n) is 8.69. The zero-order valence-electron chi connectivity index (χ0n) is 16.1. The highest BCUT2D eigenvalue weighted by Gasteiger charge is 2.40. The summed E-state index contributed by atoms with van der Waals surface area (Å²) in [4.78, 5) is 18.2. The van der Waals surface area contributed by atoms with Crippen molar-refractivity contribution in [3.05, 3.63) is 35.2 Å². The van der Waals surface area contributed by atoms with Gasteiger partial charge in [0.15, 0.2) is 0 Å². The van der Waals surface area contributed by atoms with Gasteiger partial charge in [-0.25, -0.2) is 0 Å². The van der Waals surface area contributed by atoms with Gasteiger partial charge in [0.2, 0.25) is 5.91 Å². The van der Waals surface area contributed by atoms with E-state index >= 15 is 0 Å². The highest BCUT2D eigenvalue weighted by Crippen LogP contribution is 2.38. The van der Waals surface area contributed by atoms with Crippen molar-refractivity contribution in [1.82, 2.24) is 9.80 Å². The monoisotopic (exact) mass is 382 g/mol. The minimum absolute atomic E-state index is 0.350. The summed E-state index contributed by atoms with van der Waals surface area (Å²) >= 11 is 1.77. The maximum absolute atomic E-state index is 13.2. The molecule has 4 heteroatoms. The maximum atomic E-state index is 13.2. The molecule has 0 spiro atoms. The fraction of sp³-hybridized carbons (Fsp3) is 0.609. The molecule has 2 aliphatic heterocycles.